The van der Waals surface area contributed by atoms with Crippen LogP contribution in [0.15, 0.2) is 65.4 Å². The molecule has 1 heterocycles. The van der Waals surface area contributed by atoms with Crippen LogP contribution in [0.1, 0.15) is 51.7 Å². The summed E-state index contributed by atoms with van der Waals surface area (Å²) >= 11 is 0. The van der Waals surface area contributed by atoms with Gasteiger partial charge in [-0.25, -0.2) is 0 Å². The molecular weight excluding hydrogens is 436 g/mol. The van der Waals surface area contributed by atoms with Crippen LogP contribution in [0.3, 0.4) is 0 Å². The summed E-state index contributed by atoms with van der Waals surface area (Å²) in [5.41, 5.74) is 4.15. The monoisotopic (exact) mass is 476 g/mol. The third-order valence-corrected chi connectivity index (χ3v) is 6.44. The third-order valence-electron chi connectivity index (χ3n) is 6.44. The minimum Gasteiger partial charge on any atom is -0.507 e. The number of hydrogen-bond acceptors (Lipinski definition) is 6. The Labute approximate surface area is 210 Å². The van der Waals surface area contributed by atoms with E-state index in [0.717, 1.165) is 29.5 Å². The highest BCUT2D eigenvalue weighted by atomic mass is 16.5. The van der Waals surface area contributed by atoms with Crippen molar-refractivity contribution in [1.29, 1.82) is 0 Å². The number of azo groups is 1. The second kappa shape index (κ2) is 10.8. The second-order valence-corrected chi connectivity index (χ2v) is 10.8. The molecule has 188 valence electrons. The molecule has 0 amide bonds. The average molecular weight is 477 g/mol. The Balaban J connectivity index is 1.84. The molecule has 0 aromatic heterocycles. The van der Waals surface area contributed by atoms with Crippen molar-refractivity contribution in [3.63, 3.8) is 0 Å². The maximum atomic E-state index is 11.0. The SMILES string of the molecule is C=C/C=C(\N=NCN(C)C1CC(C)(C)NC(C)(C)C1)c1c(O)cc(-c2cccc(C)c2)cc1OC. The molecule has 2 aromatic rings. The highest BCUT2D eigenvalue weighted by Gasteiger charge is 2.39. The van der Waals surface area contributed by atoms with Crippen molar-refractivity contribution >= 4 is 5.70 Å². The summed E-state index contributed by atoms with van der Waals surface area (Å²) < 4.78 is 5.66. The van der Waals surface area contributed by atoms with Crippen molar-refractivity contribution in [2.75, 3.05) is 20.8 Å². The van der Waals surface area contributed by atoms with Crippen LogP contribution < -0.4 is 10.1 Å². The Morgan fingerprint density at radius 2 is 1.86 bits per heavy atom. The zero-order valence-electron chi connectivity index (χ0n) is 22.2. The molecule has 1 saturated heterocycles. The first-order valence-electron chi connectivity index (χ1n) is 12.1. The molecule has 0 spiro atoms. The average Bonchev–Trinajstić information content (AvgIpc) is 2.76. The van der Waals surface area contributed by atoms with Crippen molar-refractivity contribution in [2.45, 2.75) is 64.6 Å². The van der Waals surface area contributed by atoms with Crippen molar-refractivity contribution in [2.24, 2.45) is 10.2 Å². The van der Waals surface area contributed by atoms with Crippen molar-refractivity contribution in [3.05, 3.63) is 66.3 Å². The van der Waals surface area contributed by atoms with E-state index in [9.17, 15) is 5.11 Å². The third kappa shape index (κ3) is 6.80. The molecule has 2 aromatic carbocycles. The molecule has 1 fully saturated rings. The molecule has 0 unspecified atom stereocenters. The van der Waals surface area contributed by atoms with Crippen LogP contribution in [-0.2, 0) is 0 Å². The fourth-order valence-electron chi connectivity index (χ4n) is 5.19. The van der Waals surface area contributed by atoms with Gasteiger partial charge >= 0.3 is 0 Å². The lowest BCUT2D eigenvalue weighted by atomic mass is 9.79. The van der Waals surface area contributed by atoms with Crippen LogP contribution >= 0.6 is 0 Å². The number of benzene rings is 2. The van der Waals surface area contributed by atoms with Gasteiger partial charge < -0.3 is 15.2 Å². The van der Waals surface area contributed by atoms with Gasteiger partial charge in [0, 0.05) is 17.1 Å². The van der Waals surface area contributed by atoms with Gasteiger partial charge in [0.05, 0.1) is 18.4 Å². The summed E-state index contributed by atoms with van der Waals surface area (Å²) in [5, 5.41) is 23.7. The lowest BCUT2D eigenvalue weighted by molar-refractivity contribution is 0.0825. The molecular formula is C29H40N4O2. The Morgan fingerprint density at radius 3 is 2.46 bits per heavy atom. The number of aryl methyl sites for hydroxylation is 1. The van der Waals surface area contributed by atoms with Crippen LogP contribution in [0.25, 0.3) is 16.8 Å². The minimum absolute atomic E-state index is 0.0594. The van der Waals surface area contributed by atoms with E-state index in [1.54, 1.807) is 25.3 Å². The number of methoxy groups -OCH3 is 1. The highest BCUT2D eigenvalue weighted by Crippen LogP contribution is 2.39. The summed E-state index contributed by atoms with van der Waals surface area (Å²) in [4.78, 5) is 2.25. The Morgan fingerprint density at radius 1 is 1.17 bits per heavy atom. The summed E-state index contributed by atoms with van der Waals surface area (Å²) in [6.45, 7) is 15.3. The number of hydrogen-bond donors (Lipinski definition) is 2. The number of phenolic OH excluding ortho intramolecular Hbond substituents is 1. The molecule has 1 aliphatic rings. The van der Waals surface area contributed by atoms with Gasteiger partial charge in [-0.05, 0) is 83.8 Å². The van der Waals surface area contributed by atoms with E-state index in [4.69, 9.17) is 4.74 Å². The number of rotatable bonds is 8. The van der Waals surface area contributed by atoms with E-state index in [1.165, 1.54) is 0 Å². The first-order valence-corrected chi connectivity index (χ1v) is 12.1. The number of phenols is 1. The standard InChI is InChI=1S/C29H40N4O2/c1-9-11-24(31-30-19-33(7)23-17-28(3,4)32-29(5,6)18-23)27-25(34)15-22(16-26(27)35-8)21-13-10-12-20(2)14-21/h9-16,23,32,34H,1,17-19H2,2-8H3/b24-11-,31-30?. The molecule has 0 aliphatic carbocycles. The van der Waals surface area contributed by atoms with Crippen LogP contribution in [0.4, 0.5) is 0 Å². The van der Waals surface area contributed by atoms with Gasteiger partial charge in [-0.3, -0.25) is 4.90 Å². The predicted octanol–water partition coefficient (Wildman–Crippen LogP) is 6.55. The van der Waals surface area contributed by atoms with Crippen LogP contribution in [-0.4, -0.2) is 48.0 Å². The number of nitrogens with zero attached hydrogens (tertiary/aromatic N) is 3. The molecule has 35 heavy (non-hydrogen) atoms. The Bertz CT molecular complexity index is 1100. The number of ether oxygens (including phenoxy) is 1. The number of nitrogens with one attached hydrogen (secondary N) is 1. The molecule has 0 saturated carbocycles. The van der Waals surface area contributed by atoms with Gasteiger partial charge in [0.2, 0.25) is 0 Å². The maximum absolute atomic E-state index is 11.0. The first-order chi connectivity index (χ1) is 16.4. The smallest absolute Gasteiger partial charge is 0.132 e. The Hall–Kier alpha value is -2.96. The number of piperidine rings is 1. The van der Waals surface area contributed by atoms with Crippen molar-refractivity contribution in [3.8, 4) is 22.6 Å². The second-order valence-electron chi connectivity index (χ2n) is 10.8. The topological polar surface area (TPSA) is 69.5 Å². The molecule has 6 nitrogen and oxygen atoms in total. The summed E-state index contributed by atoms with van der Waals surface area (Å²) in [5.74, 6) is 0.617. The molecule has 0 atom stereocenters. The Kier molecular flexibility index (Phi) is 8.18. The van der Waals surface area contributed by atoms with Crippen LogP contribution in [0, 0.1) is 6.92 Å². The predicted molar refractivity (Wildman–Crippen MR) is 145 cm³/mol. The highest BCUT2D eigenvalue weighted by molar-refractivity contribution is 5.80. The van der Waals surface area contributed by atoms with Crippen molar-refractivity contribution in [1.82, 2.24) is 10.2 Å². The van der Waals surface area contributed by atoms with E-state index in [-0.39, 0.29) is 16.8 Å². The molecule has 6 heteroatoms. The fourth-order valence-corrected chi connectivity index (χ4v) is 5.19. The van der Waals surface area contributed by atoms with Gasteiger partial charge in [-0.2, -0.15) is 10.2 Å². The summed E-state index contributed by atoms with van der Waals surface area (Å²) in [6, 6.07) is 12.2. The van der Waals surface area contributed by atoms with Gasteiger partial charge in [0.15, 0.2) is 0 Å². The van der Waals surface area contributed by atoms with E-state index < -0.39 is 0 Å². The zero-order valence-corrected chi connectivity index (χ0v) is 22.2. The van der Waals surface area contributed by atoms with Gasteiger partial charge in [-0.15, -0.1) is 0 Å². The largest absolute Gasteiger partial charge is 0.507 e. The summed E-state index contributed by atoms with van der Waals surface area (Å²) in [6.07, 6.45) is 5.45. The van der Waals surface area contributed by atoms with Gasteiger partial charge in [0.1, 0.15) is 18.2 Å². The van der Waals surface area contributed by atoms with Crippen molar-refractivity contribution < 1.29 is 9.84 Å². The number of allylic oxidation sites excluding steroid dienone is 2. The zero-order chi connectivity index (χ0) is 25.8. The molecule has 0 bridgehead atoms. The normalized spacial score (nSPS) is 18.2. The van der Waals surface area contributed by atoms with Gasteiger partial charge in [-0.1, -0.05) is 42.5 Å². The van der Waals surface area contributed by atoms with Gasteiger partial charge in [0.25, 0.3) is 0 Å². The maximum Gasteiger partial charge on any atom is 0.132 e. The van der Waals surface area contributed by atoms with E-state index >= 15 is 0 Å². The lowest BCUT2D eigenvalue weighted by Gasteiger charge is -2.48. The van der Waals surface area contributed by atoms with E-state index in [1.807, 2.05) is 31.2 Å². The number of aromatic hydroxyl groups is 1. The molecule has 2 N–H and O–H groups in total. The summed E-state index contributed by atoms with van der Waals surface area (Å²) in [7, 11) is 3.68. The van der Waals surface area contributed by atoms with E-state index in [2.05, 4.69) is 67.8 Å². The van der Waals surface area contributed by atoms with E-state index in [0.29, 0.717) is 29.7 Å². The first kappa shape index (κ1) is 26.6. The molecule has 0 radical (unpaired) electrons. The molecule has 3 rings (SSSR count). The van der Waals surface area contributed by atoms with Crippen LogP contribution in [0.2, 0.25) is 0 Å². The molecule has 1 aliphatic heterocycles. The van der Waals surface area contributed by atoms with Crippen LogP contribution in [0.5, 0.6) is 11.5 Å². The quantitative estimate of drug-likeness (QED) is 0.335. The minimum atomic E-state index is 0.0594. The fraction of sp³-hybridized carbons (Fsp3) is 0.448. The lowest BCUT2D eigenvalue weighted by Crippen LogP contribution is -2.61.